The first kappa shape index (κ1) is 10.2. The van der Waals surface area contributed by atoms with E-state index in [-0.39, 0.29) is 5.56 Å². The van der Waals surface area contributed by atoms with Gasteiger partial charge in [0.15, 0.2) is 6.29 Å². The van der Waals surface area contributed by atoms with Crippen LogP contribution >= 0.6 is 0 Å². The number of carbonyl (C=O) groups excluding carboxylic acids is 1. The molecule has 0 aliphatic carbocycles. The number of aromatic carboxylic acids is 1. The van der Waals surface area contributed by atoms with Crippen LogP contribution in [0.15, 0.2) is 36.4 Å². The molecule has 0 fully saturated rings. The molecule has 0 radical (unpaired) electrons. The van der Waals surface area contributed by atoms with Crippen LogP contribution in [0.1, 0.15) is 20.8 Å². The Bertz CT molecular complexity index is 543. The lowest BCUT2D eigenvalue weighted by Crippen LogP contribution is -1.95. The molecule has 1 aromatic carbocycles. The van der Waals surface area contributed by atoms with E-state index in [1.165, 1.54) is 6.07 Å². The summed E-state index contributed by atoms with van der Waals surface area (Å²) in [5.41, 5.74) is 2.16. The smallest absolute Gasteiger partial charge is 0.335 e. The first-order valence-corrected chi connectivity index (χ1v) is 4.68. The van der Waals surface area contributed by atoms with Crippen LogP contribution in [0, 0.1) is 0 Å². The van der Waals surface area contributed by atoms with Gasteiger partial charge in [-0.15, -0.1) is 0 Å². The van der Waals surface area contributed by atoms with Gasteiger partial charge in [0.25, 0.3) is 0 Å². The molecule has 2 N–H and O–H groups in total. The Morgan fingerprint density at radius 1 is 1.25 bits per heavy atom. The second-order valence-electron chi connectivity index (χ2n) is 3.33. The van der Waals surface area contributed by atoms with Crippen LogP contribution in [0.5, 0.6) is 0 Å². The Kier molecular flexibility index (Phi) is 2.55. The SMILES string of the molecule is O=Cc1ccc(-c2cccc(C(=O)O)c2)[nH]1. The fourth-order valence-corrected chi connectivity index (χ4v) is 1.47. The van der Waals surface area contributed by atoms with E-state index in [2.05, 4.69) is 4.98 Å². The summed E-state index contributed by atoms with van der Waals surface area (Å²) in [6, 6.07) is 9.92. The highest BCUT2D eigenvalue weighted by atomic mass is 16.4. The number of carboxylic acids is 1. The van der Waals surface area contributed by atoms with E-state index in [0.717, 1.165) is 11.3 Å². The normalized spacial score (nSPS) is 10.0. The summed E-state index contributed by atoms with van der Waals surface area (Å²) >= 11 is 0. The maximum Gasteiger partial charge on any atom is 0.335 e. The molecule has 4 nitrogen and oxygen atoms in total. The molecule has 2 rings (SSSR count). The van der Waals surface area contributed by atoms with Crippen molar-refractivity contribution in [2.45, 2.75) is 0 Å². The summed E-state index contributed by atoms with van der Waals surface area (Å²) in [7, 11) is 0. The van der Waals surface area contributed by atoms with Crippen LogP contribution in [0.3, 0.4) is 0 Å². The summed E-state index contributed by atoms with van der Waals surface area (Å²) in [5.74, 6) is -0.969. The van der Waals surface area contributed by atoms with Gasteiger partial charge in [0.1, 0.15) is 0 Å². The molecular formula is C12H9NO3. The lowest BCUT2D eigenvalue weighted by atomic mass is 10.1. The van der Waals surface area contributed by atoms with Crippen molar-refractivity contribution < 1.29 is 14.7 Å². The number of aromatic nitrogens is 1. The molecule has 1 heterocycles. The Morgan fingerprint density at radius 3 is 2.69 bits per heavy atom. The van der Waals surface area contributed by atoms with E-state index in [9.17, 15) is 9.59 Å². The van der Waals surface area contributed by atoms with Crippen molar-refractivity contribution in [3.05, 3.63) is 47.7 Å². The van der Waals surface area contributed by atoms with E-state index in [4.69, 9.17) is 5.11 Å². The zero-order chi connectivity index (χ0) is 11.5. The number of aldehydes is 1. The van der Waals surface area contributed by atoms with E-state index < -0.39 is 5.97 Å². The van der Waals surface area contributed by atoms with Crippen molar-refractivity contribution in [3.8, 4) is 11.3 Å². The molecule has 0 unspecified atom stereocenters. The highest BCUT2D eigenvalue weighted by Gasteiger charge is 2.05. The van der Waals surface area contributed by atoms with E-state index in [1.54, 1.807) is 30.3 Å². The number of benzene rings is 1. The molecule has 80 valence electrons. The van der Waals surface area contributed by atoms with Gasteiger partial charge >= 0.3 is 5.97 Å². The molecule has 0 bridgehead atoms. The molecule has 4 heteroatoms. The predicted octanol–water partition coefficient (Wildman–Crippen LogP) is 2.19. The monoisotopic (exact) mass is 215 g/mol. The third-order valence-electron chi connectivity index (χ3n) is 2.26. The first-order valence-electron chi connectivity index (χ1n) is 4.68. The highest BCUT2D eigenvalue weighted by Crippen LogP contribution is 2.19. The van der Waals surface area contributed by atoms with Gasteiger partial charge in [0.05, 0.1) is 11.3 Å². The summed E-state index contributed by atoms with van der Waals surface area (Å²) in [5, 5.41) is 8.84. The molecule has 0 saturated carbocycles. The minimum Gasteiger partial charge on any atom is -0.478 e. The second kappa shape index (κ2) is 4.02. The van der Waals surface area contributed by atoms with Crippen molar-refractivity contribution in [2.75, 3.05) is 0 Å². The van der Waals surface area contributed by atoms with Crippen molar-refractivity contribution in [1.82, 2.24) is 4.98 Å². The van der Waals surface area contributed by atoms with Crippen LogP contribution in [0.2, 0.25) is 0 Å². The van der Waals surface area contributed by atoms with Gasteiger partial charge in [-0.3, -0.25) is 4.79 Å². The quantitative estimate of drug-likeness (QED) is 0.771. The zero-order valence-electron chi connectivity index (χ0n) is 8.31. The lowest BCUT2D eigenvalue weighted by molar-refractivity contribution is 0.0696. The molecule has 2 aromatic rings. The molecule has 1 aromatic heterocycles. The average molecular weight is 215 g/mol. The number of carboxylic acid groups (broad SMARTS) is 1. The first-order chi connectivity index (χ1) is 7.70. The zero-order valence-corrected chi connectivity index (χ0v) is 8.31. The molecule has 0 atom stereocenters. The van der Waals surface area contributed by atoms with Gasteiger partial charge in [-0.25, -0.2) is 4.79 Å². The van der Waals surface area contributed by atoms with Crippen molar-refractivity contribution in [3.63, 3.8) is 0 Å². The lowest BCUT2D eigenvalue weighted by Gasteiger charge is -1.99. The van der Waals surface area contributed by atoms with Gasteiger partial charge in [0.2, 0.25) is 0 Å². The fourth-order valence-electron chi connectivity index (χ4n) is 1.47. The summed E-state index contributed by atoms with van der Waals surface area (Å²) in [4.78, 5) is 24.2. The number of hydrogen-bond donors (Lipinski definition) is 2. The maximum absolute atomic E-state index is 10.8. The van der Waals surface area contributed by atoms with E-state index >= 15 is 0 Å². The minimum absolute atomic E-state index is 0.222. The van der Waals surface area contributed by atoms with Gasteiger partial charge in [0, 0.05) is 5.69 Å². The standard InChI is InChI=1S/C12H9NO3/c14-7-10-4-5-11(13-10)8-2-1-3-9(6-8)12(15)16/h1-7,13H,(H,15,16). The highest BCUT2D eigenvalue weighted by molar-refractivity contribution is 5.89. The Morgan fingerprint density at radius 2 is 2.06 bits per heavy atom. The summed E-state index contributed by atoms with van der Waals surface area (Å²) in [6.07, 6.45) is 0.713. The van der Waals surface area contributed by atoms with E-state index in [1.807, 2.05) is 0 Å². The predicted molar refractivity (Wildman–Crippen MR) is 58.6 cm³/mol. The Hall–Kier alpha value is -2.36. The fraction of sp³-hybridized carbons (Fsp3) is 0. The van der Waals surface area contributed by atoms with Crippen LogP contribution in [-0.4, -0.2) is 22.3 Å². The summed E-state index contributed by atoms with van der Waals surface area (Å²) in [6.45, 7) is 0. The maximum atomic E-state index is 10.8. The molecule has 0 aliphatic heterocycles. The van der Waals surface area contributed by atoms with Gasteiger partial charge in [-0.2, -0.15) is 0 Å². The van der Waals surface area contributed by atoms with Gasteiger partial charge < -0.3 is 10.1 Å². The number of carbonyl (C=O) groups is 2. The van der Waals surface area contributed by atoms with Crippen LogP contribution in [-0.2, 0) is 0 Å². The molecule has 0 amide bonds. The Labute approximate surface area is 91.5 Å². The average Bonchev–Trinajstić information content (AvgIpc) is 2.77. The number of rotatable bonds is 3. The largest absolute Gasteiger partial charge is 0.478 e. The van der Waals surface area contributed by atoms with Crippen molar-refractivity contribution in [2.24, 2.45) is 0 Å². The third-order valence-corrected chi connectivity index (χ3v) is 2.26. The molecule has 0 spiro atoms. The van der Waals surface area contributed by atoms with E-state index in [0.29, 0.717) is 12.0 Å². The molecule has 0 aliphatic rings. The molecular weight excluding hydrogens is 206 g/mol. The van der Waals surface area contributed by atoms with Crippen LogP contribution in [0.25, 0.3) is 11.3 Å². The second-order valence-corrected chi connectivity index (χ2v) is 3.33. The third kappa shape index (κ3) is 1.86. The van der Waals surface area contributed by atoms with Gasteiger partial charge in [-0.1, -0.05) is 12.1 Å². The number of H-pyrrole nitrogens is 1. The minimum atomic E-state index is -0.969. The number of aromatic amines is 1. The topological polar surface area (TPSA) is 70.2 Å². The van der Waals surface area contributed by atoms with Crippen molar-refractivity contribution in [1.29, 1.82) is 0 Å². The van der Waals surface area contributed by atoms with Crippen LogP contribution in [0.4, 0.5) is 0 Å². The number of hydrogen-bond acceptors (Lipinski definition) is 2. The van der Waals surface area contributed by atoms with Crippen LogP contribution < -0.4 is 0 Å². The number of nitrogens with one attached hydrogen (secondary N) is 1. The van der Waals surface area contributed by atoms with Gasteiger partial charge in [-0.05, 0) is 29.8 Å². The van der Waals surface area contributed by atoms with Crippen molar-refractivity contribution >= 4 is 12.3 Å². The molecule has 16 heavy (non-hydrogen) atoms. The molecule has 0 saturated heterocycles. The Balaban J connectivity index is 2.43. The summed E-state index contributed by atoms with van der Waals surface area (Å²) < 4.78 is 0.